The maximum atomic E-state index is 9.02. The van der Waals surface area contributed by atoms with Gasteiger partial charge in [-0.2, -0.15) is 0 Å². The van der Waals surface area contributed by atoms with E-state index in [1.807, 2.05) is 0 Å². The number of anilines is 1. The number of pyridine rings is 1. The summed E-state index contributed by atoms with van der Waals surface area (Å²) >= 11 is 6.19. The number of aliphatic hydroxyl groups is 1. The molecule has 3 nitrogen and oxygen atoms in total. The number of aliphatic hydroxyl groups excluding tert-OH is 1. The molecule has 1 unspecified atom stereocenters. The molecular weight excluding hydrogens is 236 g/mol. The largest absolute Gasteiger partial charge is 0.392 e. The highest BCUT2D eigenvalue weighted by Gasteiger charge is 2.13. The quantitative estimate of drug-likeness (QED) is 0.850. The lowest BCUT2D eigenvalue weighted by atomic mass is 10.1. The van der Waals surface area contributed by atoms with Gasteiger partial charge in [0.25, 0.3) is 0 Å². The molecule has 0 aliphatic rings. The van der Waals surface area contributed by atoms with Crippen molar-refractivity contribution in [1.82, 2.24) is 4.98 Å². The molecule has 1 aromatic heterocycles. The highest BCUT2D eigenvalue weighted by Crippen LogP contribution is 2.25. The summed E-state index contributed by atoms with van der Waals surface area (Å²) in [4.78, 5) is 6.52. The van der Waals surface area contributed by atoms with Crippen LogP contribution in [0.2, 0.25) is 5.02 Å². The van der Waals surface area contributed by atoms with E-state index in [-0.39, 0.29) is 6.61 Å². The topological polar surface area (TPSA) is 36.4 Å². The summed E-state index contributed by atoms with van der Waals surface area (Å²) in [6, 6.07) is 1.78. The Kier molecular flexibility index (Phi) is 5.72. The van der Waals surface area contributed by atoms with Crippen LogP contribution in [-0.4, -0.2) is 23.2 Å². The van der Waals surface area contributed by atoms with Crippen molar-refractivity contribution in [3.05, 3.63) is 22.8 Å². The molecule has 1 rings (SSSR count). The molecule has 0 fully saturated rings. The normalized spacial score (nSPS) is 12.5. The summed E-state index contributed by atoms with van der Waals surface area (Å²) in [5.41, 5.74) is 0.748. The molecule has 1 atom stereocenters. The van der Waals surface area contributed by atoms with Crippen LogP contribution in [0, 0.1) is 5.92 Å². The summed E-state index contributed by atoms with van der Waals surface area (Å²) in [5.74, 6) is 1.43. The first-order chi connectivity index (χ1) is 8.12. The third-order valence-corrected chi connectivity index (χ3v) is 3.25. The number of hydrogen-bond donors (Lipinski definition) is 1. The Hall–Kier alpha value is -0.800. The molecule has 0 aliphatic heterocycles. The van der Waals surface area contributed by atoms with Crippen LogP contribution in [0.5, 0.6) is 0 Å². The highest BCUT2D eigenvalue weighted by atomic mass is 35.5. The minimum absolute atomic E-state index is 0.0233. The second-order valence-corrected chi connectivity index (χ2v) is 4.77. The van der Waals surface area contributed by atoms with Crippen molar-refractivity contribution in [3.63, 3.8) is 0 Å². The molecule has 1 N–H and O–H groups in total. The molecule has 0 aliphatic carbocycles. The standard InChI is InChI=1S/C13H21ClN2O/c1-4-10(3)8-16(5-2)13-12(14)6-11(9-17)7-15-13/h6-7,10,17H,4-5,8-9H2,1-3H3. The first-order valence-electron chi connectivity index (χ1n) is 6.12. The third-order valence-electron chi connectivity index (χ3n) is 2.97. The molecule has 0 bridgehead atoms. The zero-order valence-electron chi connectivity index (χ0n) is 10.8. The second kappa shape index (κ2) is 6.82. The van der Waals surface area contributed by atoms with Crippen LogP contribution in [-0.2, 0) is 6.61 Å². The lowest BCUT2D eigenvalue weighted by Crippen LogP contribution is -2.29. The van der Waals surface area contributed by atoms with Crippen molar-refractivity contribution in [3.8, 4) is 0 Å². The van der Waals surface area contributed by atoms with Crippen LogP contribution in [0.4, 0.5) is 5.82 Å². The maximum Gasteiger partial charge on any atom is 0.147 e. The van der Waals surface area contributed by atoms with Gasteiger partial charge in [-0.05, 0) is 24.5 Å². The summed E-state index contributed by atoms with van der Waals surface area (Å²) in [6.45, 7) is 8.32. The molecule has 96 valence electrons. The van der Waals surface area contributed by atoms with Crippen LogP contribution in [0.1, 0.15) is 32.8 Å². The van der Waals surface area contributed by atoms with Crippen LogP contribution in [0.25, 0.3) is 0 Å². The highest BCUT2D eigenvalue weighted by molar-refractivity contribution is 6.33. The van der Waals surface area contributed by atoms with E-state index in [0.29, 0.717) is 10.9 Å². The van der Waals surface area contributed by atoms with E-state index in [1.54, 1.807) is 12.3 Å². The van der Waals surface area contributed by atoms with Crippen LogP contribution in [0.15, 0.2) is 12.3 Å². The number of hydrogen-bond acceptors (Lipinski definition) is 3. The Bertz CT molecular complexity index is 357. The van der Waals surface area contributed by atoms with Crippen molar-refractivity contribution in [1.29, 1.82) is 0 Å². The van der Waals surface area contributed by atoms with Crippen molar-refractivity contribution in [2.24, 2.45) is 5.92 Å². The molecule has 0 radical (unpaired) electrons. The monoisotopic (exact) mass is 256 g/mol. The lowest BCUT2D eigenvalue weighted by molar-refractivity contribution is 0.281. The Balaban J connectivity index is 2.88. The fourth-order valence-electron chi connectivity index (χ4n) is 1.66. The first kappa shape index (κ1) is 14.3. The van der Waals surface area contributed by atoms with Gasteiger partial charge in [0.1, 0.15) is 5.82 Å². The van der Waals surface area contributed by atoms with Gasteiger partial charge in [0.2, 0.25) is 0 Å². The molecule has 4 heteroatoms. The van der Waals surface area contributed by atoms with Gasteiger partial charge in [0.15, 0.2) is 0 Å². The molecule has 1 aromatic rings. The number of rotatable bonds is 6. The van der Waals surface area contributed by atoms with E-state index < -0.39 is 0 Å². The zero-order chi connectivity index (χ0) is 12.8. The minimum Gasteiger partial charge on any atom is -0.392 e. The fourth-order valence-corrected chi connectivity index (χ4v) is 1.97. The van der Waals surface area contributed by atoms with Gasteiger partial charge in [-0.1, -0.05) is 31.9 Å². The number of halogens is 1. The minimum atomic E-state index is -0.0233. The average Bonchev–Trinajstić information content (AvgIpc) is 2.35. The predicted molar refractivity (Wildman–Crippen MR) is 72.5 cm³/mol. The van der Waals surface area contributed by atoms with E-state index in [1.165, 1.54) is 0 Å². The summed E-state index contributed by atoms with van der Waals surface area (Å²) < 4.78 is 0. The summed E-state index contributed by atoms with van der Waals surface area (Å²) in [7, 11) is 0. The molecule has 0 spiro atoms. The van der Waals surface area contributed by atoms with Crippen molar-refractivity contribution in [2.45, 2.75) is 33.8 Å². The number of aromatic nitrogens is 1. The van der Waals surface area contributed by atoms with Crippen molar-refractivity contribution in [2.75, 3.05) is 18.0 Å². The molecule has 0 aromatic carbocycles. The van der Waals surface area contributed by atoms with E-state index in [9.17, 15) is 0 Å². The molecule has 17 heavy (non-hydrogen) atoms. The Morgan fingerprint density at radius 2 is 2.18 bits per heavy atom. The van der Waals surface area contributed by atoms with E-state index in [4.69, 9.17) is 16.7 Å². The Morgan fingerprint density at radius 1 is 1.47 bits per heavy atom. The summed E-state index contributed by atoms with van der Waals surface area (Å²) in [5, 5.41) is 9.63. The zero-order valence-corrected chi connectivity index (χ0v) is 11.5. The van der Waals surface area contributed by atoms with Gasteiger partial charge in [-0.3, -0.25) is 0 Å². The van der Waals surface area contributed by atoms with Crippen LogP contribution >= 0.6 is 11.6 Å². The Morgan fingerprint density at radius 3 is 2.65 bits per heavy atom. The van der Waals surface area contributed by atoms with Crippen LogP contribution < -0.4 is 4.90 Å². The van der Waals surface area contributed by atoms with Gasteiger partial charge in [-0.15, -0.1) is 0 Å². The van der Waals surface area contributed by atoms with E-state index in [0.717, 1.165) is 30.9 Å². The maximum absolute atomic E-state index is 9.02. The third kappa shape index (κ3) is 3.86. The molecular formula is C13H21ClN2O. The van der Waals surface area contributed by atoms with Gasteiger partial charge in [0.05, 0.1) is 11.6 Å². The molecule has 1 heterocycles. The first-order valence-corrected chi connectivity index (χ1v) is 6.50. The molecule has 0 amide bonds. The SMILES string of the molecule is CCC(C)CN(CC)c1ncc(CO)cc1Cl. The van der Waals surface area contributed by atoms with Crippen molar-refractivity contribution >= 4 is 17.4 Å². The van der Waals surface area contributed by atoms with Gasteiger partial charge >= 0.3 is 0 Å². The predicted octanol–water partition coefficient (Wildman–Crippen LogP) is 3.10. The van der Waals surface area contributed by atoms with E-state index in [2.05, 4.69) is 30.7 Å². The van der Waals surface area contributed by atoms with E-state index >= 15 is 0 Å². The molecule has 0 saturated carbocycles. The van der Waals surface area contributed by atoms with Gasteiger partial charge in [-0.25, -0.2) is 4.98 Å². The lowest BCUT2D eigenvalue weighted by Gasteiger charge is -2.26. The second-order valence-electron chi connectivity index (χ2n) is 4.36. The number of nitrogens with zero attached hydrogens (tertiary/aromatic N) is 2. The Labute approximate surface area is 108 Å². The van der Waals surface area contributed by atoms with Crippen molar-refractivity contribution < 1.29 is 5.11 Å². The average molecular weight is 257 g/mol. The fraction of sp³-hybridized carbons (Fsp3) is 0.615. The van der Waals surface area contributed by atoms with Crippen LogP contribution in [0.3, 0.4) is 0 Å². The smallest absolute Gasteiger partial charge is 0.147 e. The molecule has 0 saturated heterocycles. The van der Waals surface area contributed by atoms with Gasteiger partial charge in [0, 0.05) is 19.3 Å². The van der Waals surface area contributed by atoms with Gasteiger partial charge < -0.3 is 10.0 Å². The summed E-state index contributed by atoms with van der Waals surface area (Å²) in [6.07, 6.45) is 2.82.